The number of aryl methyl sites for hydroxylation is 2. The van der Waals surface area contributed by atoms with Gasteiger partial charge in [-0.3, -0.25) is 9.13 Å². The molecule has 0 radical (unpaired) electrons. The van der Waals surface area contributed by atoms with Crippen LogP contribution in [-0.2, 0) is 18.8 Å². The number of benzene rings is 1. The molecular weight excluding hydrogens is 414 g/mol. The number of anilines is 2. The zero-order valence-corrected chi connectivity index (χ0v) is 18.6. The quantitative estimate of drug-likeness (QED) is 0.625. The van der Waals surface area contributed by atoms with Gasteiger partial charge in [0.2, 0.25) is 0 Å². The van der Waals surface area contributed by atoms with E-state index >= 15 is 0 Å². The number of rotatable bonds is 3. The standard InChI is InChI=1S/C21H27N7O2S/c1-26-13-4-3-5-14(17(13)27(2)20(26)29)31-19-18(23)25-16(10-24-19)28-8-6-21(7-9-28)12-30-11-15(21)22/h3-5,10,15H,6-9,11-12,22H2,1-2H3,(H2,23,25). The first-order chi connectivity index (χ1) is 14.9. The highest BCUT2D eigenvalue weighted by Crippen LogP contribution is 2.40. The van der Waals surface area contributed by atoms with Gasteiger partial charge in [0.25, 0.3) is 0 Å². The van der Waals surface area contributed by atoms with Crippen LogP contribution in [0.4, 0.5) is 11.6 Å². The summed E-state index contributed by atoms with van der Waals surface area (Å²) in [7, 11) is 3.55. The zero-order valence-electron chi connectivity index (χ0n) is 17.7. The van der Waals surface area contributed by atoms with Crippen molar-refractivity contribution in [1.82, 2.24) is 19.1 Å². The summed E-state index contributed by atoms with van der Waals surface area (Å²) in [4.78, 5) is 24.7. The summed E-state index contributed by atoms with van der Waals surface area (Å²) >= 11 is 1.43. The summed E-state index contributed by atoms with van der Waals surface area (Å²) in [6, 6.07) is 5.95. The molecule has 2 aliphatic heterocycles. The highest BCUT2D eigenvalue weighted by Gasteiger charge is 2.44. The molecule has 31 heavy (non-hydrogen) atoms. The molecule has 2 aliphatic rings. The molecule has 2 saturated heterocycles. The van der Waals surface area contributed by atoms with Gasteiger partial charge < -0.3 is 21.1 Å². The Morgan fingerprint density at radius 3 is 2.68 bits per heavy atom. The van der Waals surface area contributed by atoms with Crippen molar-refractivity contribution in [3.05, 3.63) is 34.9 Å². The van der Waals surface area contributed by atoms with Crippen molar-refractivity contribution >= 4 is 34.4 Å². The third-order valence-corrected chi connectivity index (χ3v) is 7.82. The Kier molecular flexibility index (Phi) is 4.95. The first kappa shape index (κ1) is 20.3. The monoisotopic (exact) mass is 441 g/mol. The second-order valence-electron chi connectivity index (χ2n) is 8.52. The molecule has 9 nitrogen and oxygen atoms in total. The number of aromatic nitrogens is 4. The Morgan fingerprint density at radius 1 is 1.23 bits per heavy atom. The summed E-state index contributed by atoms with van der Waals surface area (Å²) in [5.74, 6) is 1.18. The van der Waals surface area contributed by atoms with E-state index < -0.39 is 0 Å². The Labute approximate surface area is 184 Å². The van der Waals surface area contributed by atoms with Crippen molar-refractivity contribution in [2.75, 3.05) is 36.9 Å². The lowest BCUT2D eigenvalue weighted by Crippen LogP contribution is -2.49. The highest BCUT2D eigenvalue weighted by molar-refractivity contribution is 7.99. The van der Waals surface area contributed by atoms with E-state index in [2.05, 4.69) is 14.9 Å². The van der Waals surface area contributed by atoms with Gasteiger partial charge in [0.15, 0.2) is 5.82 Å². The van der Waals surface area contributed by atoms with E-state index in [0.29, 0.717) is 17.5 Å². The minimum absolute atomic E-state index is 0.0623. The van der Waals surface area contributed by atoms with E-state index in [1.165, 1.54) is 11.8 Å². The maximum Gasteiger partial charge on any atom is 0.328 e. The Balaban J connectivity index is 1.37. The molecule has 5 rings (SSSR count). The van der Waals surface area contributed by atoms with Crippen LogP contribution in [-0.4, -0.2) is 51.4 Å². The van der Waals surface area contributed by atoms with Crippen LogP contribution < -0.4 is 22.1 Å². The predicted octanol–water partition coefficient (Wildman–Crippen LogP) is 1.34. The molecule has 0 aliphatic carbocycles. The number of fused-ring (bicyclic) bond motifs is 1. The van der Waals surface area contributed by atoms with E-state index in [4.69, 9.17) is 16.2 Å². The lowest BCUT2D eigenvalue weighted by Gasteiger charge is -2.41. The first-order valence-electron chi connectivity index (χ1n) is 10.4. The van der Waals surface area contributed by atoms with Gasteiger partial charge in [-0.1, -0.05) is 17.8 Å². The largest absolute Gasteiger partial charge is 0.381 e. The fourth-order valence-electron chi connectivity index (χ4n) is 4.71. The van der Waals surface area contributed by atoms with Crippen molar-refractivity contribution in [3.63, 3.8) is 0 Å². The average Bonchev–Trinajstić information content (AvgIpc) is 3.23. The summed E-state index contributed by atoms with van der Waals surface area (Å²) in [5, 5.41) is 0.632. The molecule has 1 aromatic carbocycles. The second-order valence-corrected chi connectivity index (χ2v) is 9.55. The number of hydrogen-bond donors (Lipinski definition) is 2. The molecule has 0 bridgehead atoms. The SMILES string of the molecule is Cn1c(=O)n(C)c2c(Sc3ncc(N4CCC5(CC4)COCC5N)nc3N)cccc21. The third-order valence-electron chi connectivity index (χ3n) is 6.76. The Morgan fingerprint density at radius 2 is 2.00 bits per heavy atom. The van der Waals surface area contributed by atoms with Gasteiger partial charge in [0.1, 0.15) is 10.8 Å². The van der Waals surface area contributed by atoms with Crippen LogP contribution in [0, 0.1) is 5.41 Å². The van der Waals surface area contributed by atoms with Gasteiger partial charge in [-0.25, -0.2) is 14.8 Å². The van der Waals surface area contributed by atoms with Crippen LogP contribution in [0.5, 0.6) is 0 Å². The fourth-order valence-corrected chi connectivity index (χ4v) is 5.66. The molecule has 0 saturated carbocycles. The van der Waals surface area contributed by atoms with E-state index in [9.17, 15) is 4.79 Å². The smallest absolute Gasteiger partial charge is 0.328 e. The minimum atomic E-state index is -0.0623. The van der Waals surface area contributed by atoms with Gasteiger partial charge in [0.05, 0.1) is 30.4 Å². The summed E-state index contributed by atoms with van der Waals surface area (Å²) < 4.78 is 8.90. The van der Waals surface area contributed by atoms with Crippen LogP contribution in [0.1, 0.15) is 12.8 Å². The van der Waals surface area contributed by atoms with E-state index in [1.807, 2.05) is 18.2 Å². The number of ether oxygens (including phenoxy) is 1. The van der Waals surface area contributed by atoms with E-state index in [1.54, 1.807) is 29.4 Å². The summed E-state index contributed by atoms with van der Waals surface area (Å²) in [6.45, 7) is 3.13. The zero-order chi connectivity index (χ0) is 21.8. The van der Waals surface area contributed by atoms with Crippen LogP contribution >= 0.6 is 11.8 Å². The number of nitrogens with zero attached hydrogens (tertiary/aromatic N) is 5. The topological polar surface area (TPSA) is 117 Å². The number of piperidine rings is 1. The molecule has 1 spiro atoms. The number of nitrogens with two attached hydrogens (primary N) is 2. The normalized spacial score (nSPS) is 20.7. The number of imidazole rings is 1. The predicted molar refractivity (Wildman–Crippen MR) is 121 cm³/mol. The van der Waals surface area contributed by atoms with E-state index in [0.717, 1.165) is 54.3 Å². The van der Waals surface area contributed by atoms with Crippen LogP contribution in [0.25, 0.3) is 11.0 Å². The highest BCUT2D eigenvalue weighted by atomic mass is 32.2. The molecule has 10 heteroatoms. The van der Waals surface area contributed by atoms with Gasteiger partial charge >= 0.3 is 5.69 Å². The Bertz CT molecular complexity index is 1200. The maximum atomic E-state index is 12.3. The van der Waals surface area contributed by atoms with Gasteiger partial charge in [-0.2, -0.15) is 0 Å². The van der Waals surface area contributed by atoms with Gasteiger partial charge in [-0.05, 0) is 25.0 Å². The van der Waals surface area contributed by atoms with Crippen molar-refractivity contribution in [2.45, 2.75) is 28.8 Å². The van der Waals surface area contributed by atoms with E-state index in [-0.39, 0.29) is 17.1 Å². The lowest BCUT2D eigenvalue weighted by molar-refractivity contribution is 0.131. The van der Waals surface area contributed by atoms with Crippen molar-refractivity contribution in [2.24, 2.45) is 25.2 Å². The second kappa shape index (κ2) is 7.54. The number of hydrogen-bond acceptors (Lipinski definition) is 8. The molecule has 1 unspecified atom stereocenters. The van der Waals surface area contributed by atoms with Crippen LogP contribution in [0.2, 0.25) is 0 Å². The van der Waals surface area contributed by atoms with Gasteiger partial charge in [-0.15, -0.1) is 0 Å². The van der Waals surface area contributed by atoms with Crippen LogP contribution in [0.3, 0.4) is 0 Å². The lowest BCUT2D eigenvalue weighted by atomic mass is 9.75. The molecule has 4 heterocycles. The molecule has 2 aromatic heterocycles. The number of nitrogen functional groups attached to an aromatic ring is 1. The molecule has 1 atom stereocenters. The van der Waals surface area contributed by atoms with Gasteiger partial charge in [0, 0.05) is 43.5 Å². The average molecular weight is 442 g/mol. The number of para-hydroxylation sites is 1. The molecule has 0 amide bonds. The summed E-state index contributed by atoms with van der Waals surface area (Å²) in [5.41, 5.74) is 14.4. The minimum Gasteiger partial charge on any atom is -0.381 e. The molecule has 4 N–H and O–H groups in total. The maximum absolute atomic E-state index is 12.3. The van der Waals surface area contributed by atoms with Crippen molar-refractivity contribution in [1.29, 1.82) is 0 Å². The molecular formula is C21H27N7O2S. The fraction of sp³-hybridized carbons (Fsp3) is 0.476. The summed E-state index contributed by atoms with van der Waals surface area (Å²) in [6.07, 6.45) is 3.75. The van der Waals surface area contributed by atoms with Crippen LogP contribution in [0.15, 0.2) is 39.1 Å². The molecule has 164 valence electrons. The first-order valence-corrected chi connectivity index (χ1v) is 11.2. The van der Waals surface area contributed by atoms with Crippen molar-refractivity contribution < 1.29 is 4.74 Å². The molecule has 3 aromatic rings. The van der Waals surface area contributed by atoms with Crippen molar-refractivity contribution in [3.8, 4) is 0 Å². The third kappa shape index (κ3) is 3.29. The Hall–Kier alpha value is -2.56. The molecule has 2 fully saturated rings.